The van der Waals surface area contributed by atoms with Gasteiger partial charge in [0.05, 0.1) is 0 Å². The van der Waals surface area contributed by atoms with Gasteiger partial charge in [-0.15, -0.1) is 0 Å². The van der Waals surface area contributed by atoms with E-state index in [-0.39, 0.29) is 7.00 Å². The van der Waals surface area contributed by atoms with E-state index in [1.807, 2.05) is 0 Å². The van der Waals surface area contributed by atoms with Crippen LogP contribution in [0.4, 0.5) is 0 Å². The molecule has 0 aliphatic heterocycles. The molecule has 0 saturated carbocycles. The summed E-state index contributed by atoms with van der Waals surface area (Å²) in [5, 5.41) is 0. The minimum Gasteiger partial charge on any atom is -0.332 e. The van der Waals surface area contributed by atoms with Crippen LogP contribution in [-0.4, -0.2) is 16.8 Å². The zero-order valence-corrected chi connectivity index (χ0v) is 4.35. The Labute approximate surface area is 36.7 Å². The number of hydrogen-bond donors (Lipinski definition) is 2. The van der Waals surface area contributed by atoms with Crippen LogP contribution in [0.15, 0.2) is 0 Å². The Balaban J connectivity index is 3.48. The fraction of sp³-hybridized carbons (Fsp3) is 1.00. The molecule has 0 heterocycles. The average Bonchev–Trinajstić information content (AvgIpc) is 1.35. The van der Waals surface area contributed by atoms with E-state index < -0.39 is 7.47 Å². The van der Waals surface area contributed by atoms with Gasteiger partial charge in [0.2, 0.25) is 0 Å². The molecule has 0 unspecified atom stereocenters. The van der Waals surface area contributed by atoms with Crippen LogP contribution in [-0.2, 0) is 4.57 Å². The third-order valence-electron chi connectivity index (χ3n) is 0.412. The summed E-state index contributed by atoms with van der Waals surface area (Å²) in [6.07, 6.45) is 0. The molecule has 6 heavy (non-hydrogen) atoms. The highest BCUT2D eigenvalue weighted by molar-refractivity contribution is 7.81. The summed E-state index contributed by atoms with van der Waals surface area (Å²) in [5.74, 6) is 0. The number of rotatable bonds is 1. The summed E-state index contributed by atoms with van der Waals surface area (Å²) in [7, 11) is -3.65. The van der Waals surface area contributed by atoms with Crippen molar-refractivity contribution in [2.75, 3.05) is 0 Å². The molecule has 0 aliphatic rings. The van der Waals surface area contributed by atoms with Crippen molar-refractivity contribution in [3.8, 4) is 0 Å². The lowest BCUT2D eigenvalue weighted by Gasteiger charge is -1.91. The van der Waals surface area contributed by atoms with Gasteiger partial charge in [-0.3, -0.25) is 4.57 Å². The Morgan fingerprint density at radius 1 is 1.67 bits per heavy atom. The van der Waals surface area contributed by atoms with E-state index in [0.717, 1.165) is 0 Å². The van der Waals surface area contributed by atoms with Crippen molar-refractivity contribution < 1.29 is 14.4 Å². The second-order valence-electron chi connectivity index (χ2n) is 0.981. The first-order valence-corrected chi connectivity index (χ1v) is 3.40. The molecule has 0 saturated heterocycles. The molecule has 0 aliphatic carbocycles. The van der Waals surface area contributed by atoms with Gasteiger partial charge in [-0.05, 0) is 0 Å². The molecule has 0 amide bonds. The van der Waals surface area contributed by atoms with E-state index >= 15 is 0 Å². The average molecular weight is 108 g/mol. The van der Waals surface area contributed by atoms with Gasteiger partial charge in [-0.1, -0.05) is 6.82 Å². The predicted molar refractivity (Wildman–Crippen MR) is 25.1 cm³/mol. The van der Waals surface area contributed by atoms with Crippen LogP contribution in [0.3, 0.4) is 0 Å². The van der Waals surface area contributed by atoms with E-state index in [0.29, 0.717) is 0 Å². The van der Waals surface area contributed by atoms with Gasteiger partial charge in [0.15, 0.2) is 0 Å². The van der Waals surface area contributed by atoms with Crippen molar-refractivity contribution in [3.05, 3.63) is 0 Å². The zero-order chi connectivity index (χ0) is 5.21. The van der Waals surface area contributed by atoms with Crippen LogP contribution >= 0.6 is 7.47 Å². The van der Waals surface area contributed by atoms with Gasteiger partial charge in [0, 0.05) is 0 Å². The largest absolute Gasteiger partial charge is 0.332 e. The second kappa shape index (κ2) is 1.78. The Bertz CT molecular complexity index is 74.9. The Morgan fingerprint density at radius 2 is 1.83 bits per heavy atom. The molecule has 3 nitrogen and oxygen atoms in total. The molecule has 36 valence electrons. The topological polar surface area (TPSA) is 57.5 Å². The summed E-state index contributed by atoms with van der Waals surface area (Å²) in [6.45, 7) is 1.38. The molecule has 0 spiro atoms. The highest BCUT2D eigenvalue weighted by Crippen LogP contribution is 2.30. The third kappa shape index (κ3) is 4.21. The molecule has 0 atom stereocenters. The maximum atomic E-state index is 9.69. The molecule has 2 N–H and O–H groups in total. The van der Waals surface area contributed by atoms with Crippen LogP contribution in [0.5, 0.6) is 0 Å². The van der Waals surface area contributed by atoms with Gasteiger partial charge in [0.1, 0.15) is 0 Å². The lowest BCUT2D eigenvalue weighted by atomic mass is 10.2. The molecule has 0 fully saturated rings. The molecule has 5 heteroatoms. The molecule has 0 radical (unpaired) electrons. The minimum absolute atomic E-state index is 0.0625. The highest BCUT2D eigenvalue weighted by Gasteiger charge is 2.07. The monoisotopic (exact) mass is 108 g/mol. The van der Waals surface area contributed by atoms with Gasteiger partial charge in [0.25, 0.3) is 14.5 Å². The maximum Gasteiger partial charge on any atom is 0.269 e. The lowest BCUT2D eigenvalue weighted by Crippen LogP contribution is -1.81. The summed E-state index contributed by atoms with van der Waals surface area (Å²) in [5.41, 5.74) is 0. The highest BCUT2D eigenvalue weighted by atomic mass is 31.2. The summed E-state index contributed by atoms with van der Waals surface area (Å²) < 4.78 is 9.69. The fourth-order valence-electron chi connectivity index (χ4n) is 0. The molecular formula is CH6BO3P. The van der Waals surface area contributed by atoms with Crippen molar-refractivity contribution in [1.29, 1.82) is 0 Å². The Kier molecular flexibility index (Phi) is 1.84. The van der Waals surface area contributed by atoms with Crippen molar-refractivity contribution in [3.63, 3.8) is 0 Å². The summed E-state index contributed by atoms with van der Waals surface area (Å²) >= 11 is 0. The maximum absolute atomic E-state index is 9.69. The molecule has 0 bridgehead atoms. The van der Waals surface area contributed by atoms with E-state index in [2.05, 4.69) is 0 Å². The van der Waals surface area contributed by atoms with Gasteiger partial charge < -0.3 is 9.79 Å². The van der Waals surface area contributed by atoms with Crippen LogP contribution in [0, 0.1) is 0 Å². The molecule has 0 aromatic rings. The first-order valence-electron chi connectivity index (χ1n) is 1.61. The minimum atomic E-state index is -3.65. The van der Waals surface area contributed by atoms with Crippen molar-refractivity contribution in [2.45, 2.75) is 6.82 Å². The molecule has 0 rings (SSSR count). The third-order valence-corrected chi connectivity index (χ3v) is 1.24. The van der Waals surface area contributed by atoms with Crippen molar-refractivity contribution in [2.24, 2.45) is 0 Å². The quantitative estimate of drug-likeness (QED) is 0.353. The molecule has 0 aromatic heterocycles. The van der Waals surface area contributed by atoms with Crippen molar-refractivity contribution >= 4 is 14.5 Å². The Morgan fingerprint density at radius 3 is 1.83 bits per heavy atom. The predicted octanol–water partition coefficient (Wildman–Crippen LogP) is -0.436. The SMILES string of the molecule is CBP(=O)(O)O. The van der Waals surface area contributed by atoms with Gasteiger partial charge in [-0.25, -0.2) is 0 Å². The number of hydrogen-bond acceptors (Lipinski definition) is 1. The second-order valence-corrected chi connectivity index (χ2v) is 2.94. The summed E-state index contributed by atoms with van der Waals surface area (Å²) in [6, 6.07) is 0. The molecular weight excluding hydrogens is 102 g/mol. The van der Waals surface area contributed by atoms with Gasteiger partial charge >= 0.3 is 0 Å². The van der Waals surface area contributed by atoms with Crippen LogP contribution in [0.1, 0.15) is 0 Å². The molecule has 0 aromatic carbocycles. The Hall–Kier alpha value is 0.215. The first-order chi connectivity index (χ1) is 2.56. The van der Waals surface area contributed by atoms with Crippen LogP contribution in [0.2, 0.25) is 6.82 Å². The smallest absolute Gasteiger partial charge is 0.269 e. The first kappa shape index (κ1) is 6.21. The van der Waals surface area contributed by atoms with E-state index in [9.17, 15) is 4.57 Å². The fourth-order valence-corrected chi connectivity index (χ4v) is 0. The van der Waals surface area contributed by atoms with E-state index in [1.54, 1.807) is 0 Å². The van der Waals surface area contributed by atoms with E-state index in [4.69, 9.17) is 9.79 Å². The van der Waals surface area contributed by atoms with Gasteiger partial charge in [-0.2, -0.15) is 0 Å². The zero-order valence-electron chi connectivity index (χ0n) is 3.46. The standard InChI is InChI=1S/CH6BO3P/c1-2-6(3,4)5/h2H,1H3,(H2,3,4,5). The normalized spacial score (nSPS) is 11.2. The van der Waals surface area contributed by atoms with Crippen LogP contribution < -0.4 is 0 Å². The van der Waals surface area contributed by atoms with Crippen molar-refractivity contribution in [1.82, 2.24) is 0 Å². The summed E-state index contributed by atoms with van der Waals surface area (Å²) in [4.78, 5) is 15.9. The van der Waals surface area contributed by atoms with Crippen LogP contribution in [0.25, 0.3) is 0 Å². The lowest BCUT2D eigenvalue weighted by molar-refractivity contribution is 0.394. The van der Waals surface area contributed by atoms with E-state index in [1.165, 1.54) is 6.82 Å².